The standard InChI is InChI=1S/C48H67N9O11/c1-8-27(6)40(60)45(65)56-36(20-26(4)5)43(63)54-34-11-9-17-49-42(62)37(21-29-23-50-33-15-14-31(58)22-32(29)33)53-39(59)16-13-30-24-68-47(52-30)28(7)51-46(66)41(61)35(19-25(2)3)55-44(64)38-12-10-18-57(38)48(34)67/h13-16,22-28,34-38,40,50,58,60H,8-12,17-21H2,1-7H3,(H,49,62)(H,51,66)(H,53,59)(H,54,63)(H,55,64)(H,56,65). The van der Waals surface area contributed by atoms with Gasteiger partial charge in [-0.15, -0.1) is 0 Å². The molecular weight excluding hydrogens is 879 g/mol. The number of fused-ring (bicyclic) bond motifs is 4. The number of Topliss-reactive ketones (excluding diaryl/α,β-unsaturated/α-hetero) is 1. The van der Waals surface area contributed by atoms with E-state index in [1.165, 1.54) is 36.3 Å². The van der Waals surface area contributed by atoms with Gasteiger partial charge in [-0.3, -0.25) is 38.4 Å². The minimum absolute atomic E-state index is 0.00120. The Morgan fingerprint density at radius 3 is 2.38 bits per heavy atom. The van der Waals surface area contributed by atoms with Crippen molar-refractivity contribution in [3.8, 4) is 5.75 Å². The maximum absolute atomic E-state index is 14.6. The highest BCUT2D eigenvalue weighted by Crippen LogP contribution is 2.25. The van der Waals surface area contributed by atoms with Crippen LogP contribution in [0.1, 0.15) is 117 Å². The van der Waals surface area contributed by atoms with Gasteiger partial charge in [0.05, 0.1) is 6.04 Å². The van der Waals surface area contributed by atoms with Gasteiger partial charge in [0.15, 0.2) is 0 Å². The SMILES string of the molecule is CCC(C)C(O)C(=O)NC(CC(C)C)C(=O)NC1CCCNC(=O)C(Cc2c[nH]c3ccc(O)cc23)NC(=O)C=Cc2coc(n2)C(C)NC(=O)C(=O)C(CC(C)C)NC(=O)C2CCCN2C1=O. The molecular formula is C48H67N9O11. The van der Waals surface area contributed by atoms with Crippen LogP contribution in [0.4, 0.5) is 0 Å². The number of phenols is 1. The van der Waals surface area contributed by atoms with Crippen molar-refractivity contribution in [2.24, 2.45) is 17.8 Å². The van der Waals surface area contributed by atoms with E-state index in [4.69, 9.17) is 4.42 Å². The highest BCUT2D eigenvalue weighted by atomic mass is 16.3. The smallest absolute Gasteiger partial charge is 0.290 e. The summed E-state index contributed by atoms with van der Waals surface area (Å²) in [6.07, 6.45) is 5.54. The molecule has 2 bridgehead atoms. The Labute approximate surface area is 395 Å². The number of H-pyrrole nitrogens is 1. The fourth-order valence-electron chi connectivity index (χ4n) is 8.30. The number of hydrogen-bond acceptors (Lipinski definition) is 12. The maximum atomic E-state index is 14.6. The maximum Gasteiger partial charge on any atom is 0.290 e. The third kappa shape index (κ3) is 14.0. The molecule has 0 radical (unpaired) electrons. The Morgan fingerprint density at radius 2 is 1.68 bits per heavy atom. The first-order chi connectivity index (χ1) is 32.3. The van der Waals surface area contributed by atoms with Gasteiger partial charge in [0.25, 0.3) is 5.91 Å². The fourth-order valence-corrected chi connectivity index (χ4v) is 8.30. The lowest BCUT2D eigenvalue weighted by Crippen LogP contribution is -2.58. The third-order valence-electron chi connectivity index (χ3n) is 12.2. The first kappa shape index (κ1) is 52.4. The highest BCUT2D eigenvalue weighted by Gasteiger charge is 2.40. The number of rotatable bonds is 12. The third-order valence-corrected chi connectivity index (χ3v) is 12.2. The summed E-state index contributed by atoms with van der Waals surface area (Å²) in [6, 6.07) is -2.05. The van der Waals surface area contributed by atoms with Gasteiger partial charge in [0.2, 0.25) is 47.1 Å². The number of amides is 7. The lowest BCUT2D eigenvalue weighted by Gasteiger charge is -2.31. The summed E-state index contributed by atoms with van der Waals surface area (Å²) in [7, 11) is 0. The number of aliphatic hydroxyl groups is 1. The first-order valence-corrected chi connectivity index (χ1v) is 23.5. The normalized spacial score (nSPS) is 23.0. The number of carbonyl (C=O) groups is 8. The number of aliphatic hydroxyl groups excluding tert-OH is 1. The van der Waals surface area contributed by atoms with Crippen molar-refractivity contribution in [3.63, 3.8) is 0 Å². The summed E-state index contributed by atoms with van der Waals surface area (Å²) >= 11 is 0. The number of aromatic amines is 1. The largest absolute Gasteiger partial charge is 0.508 e. The van der Waals surface area contributed by atoms with E-state index in [-0.39, 0.29) is 80.8 Å². The van der Waals surface area contributed by atoms with E-state index < -0.39 is 95.4 Å². The molecule has 1 fully saturated rings. The number of nitrogens with one attached hydrogen (secondary N) is 7. The number of carbonyl (C=O) groups excluding carboxylic acids is 8. The van der Waals surface area contributed by atoms with Crippen LogP contribution in [0.25, 0.3) is 17.0 Å². The van der Waals surface area contributed by atoms with Gasteiger partial charge >= 0.3 is 0 Å². The van der Waals surface area contributed by atoms with Crippen LogP contribution in [0.5, 0.6) is 5.75 Å². The molecule has 20 heteroatoms. The molecule has 4 heterocycles. The monoisotopic (exact) mass is 945 g/mol. The number of oxazole rings is 1. The highest BCUT2D eigenvalue weighted by molar-refractivity contribution is 6.38. The summed E-state index contributed by atoms with van der Waals surface area (Å²) in [5.74, 6) is -6.46. The molecule has 68 heavy (non-hydrogen) atoms. The van der Waals surface area contributed by atoms with E-state index in [1.54, 1.807) is 19.2 Å². The van der Waals surface area contributed by atoms with E-state index in [9.17, 15) is 48.6 Å². The Morgan fingerprint density at radius 1 is 0.926 bits per heavy atom. The number of phenolic OH excluding ortho intramolecular Hbond substituents is 1. The number of hydrogen-bond donors (Lipinski definition) is 9. The van der Waals surface area contributed by atoms with E-state index in [0.717, 1.165) is 6.08 Å². The van der Waals surface area contributed by atoms with Crippen molar-refractivity contribution in [1.82, 2.24) is 46.8 Å². The van der Waals surface area contributed by atoms with E-state index in [1.807, 2.05) is 34.6 Å². The van der Waals surface area contributed by atoms with E-state index in [2.05, 4.69) is 41.9 Å². The lowest BCUT2D eigenvalue weighted by molar-refractivity contribution is -0.144. The summed E-state index contributed by atoms with van der Waals surface area (Å²) < 4.78 is 5.55. The van der Waals surface area contributed by atoms with Gasteiger partial charge in [0, 0.05) is 42.7 Å². The number of benzene rings is 1. The van der Waals surface area contributed by atoms with Crippen molar-refractivity contribution in [2.45, 2.75) is 142 Å². The zero-order valence-electron chi connectivity index (χ0n) is 39.8. The van der Waals surface area contributed by atoms with Crippen LogP contribution < -0.4 is 31.9 Å². The molecule has 0 saturated carbocycles. The molecule has 20 nitrogen and oxygen atoms in total. The van der Waals surface area contributed by atoms with Crippen molar-refractivity contribution in [3.05, 3.63) is 53.9 Å². The molecule has 8 atom stereocenters. The topological polar surface area (TPSA) is 294 Å². The molecule has 2 aliphatic rings. The fraction of sp³-hybridized carbons (Fsp3) is 0.562. The van der Waals surface area contributed by atoms with Gasteiger partial charge in [-0.05, 0) is 93.0 Å². The zero-order chi connectivity index (χ0) is 49.8. The quantitative estimate of drug-likeness (QED) is 0.118. The van der Waals surface area contributed by atoms with Crippen molar-refractivity contribution >= 4 is 64.1 Å². The van der Waals surface area contributed by atoms with Crippen LogP contribution >= 0.6 is 0 Å². The molecule has 1 saturated heterocycles. The van der Waals surface area contributed by atoms with Gasteiger partial charge in [-0.2, -0.15) is 0 Å². The minimum atomic E-state index is -1.38. The van der Waals surface area contributed by atoms with Crippen LogP contribution in [0.3, 0.4) is 0 Å². The number of aromatic nitrogens is 2. The molecule has 9 N–H and O–H groups in total. The molecule has 7 amide bonds. The van der Waals surface area contributed by atoms with Crippen LogP contribution in [-0.4, -0.2) is 122 Å². The Bertz CT molecular complexity index is 2340. The van der Waals surface area contributed by atoms with E-state index >= 15 is 0 Å². The second-order valence-corrected chi connectivity index (χ2v) is 18.7. The average Bonchev–Trinajstić information content (AvgIpc) is 4.08. The van der Waals surface area contributed by atoms with Gasteiger partial charge < -0.3 is 56.4 Å². The molecule has 5 rings (SSSR count). The summed E-state index contributed by atoms with van der Waals surface area (Å²) in [5.41, 5.74) is 1.52. The van der Waals surface area contributed by atoms with Crippen molar-refractivity contribution in [1.29, 1.82) is 0 Å². The van der Waals surface area contributed by atoms with Crippen LogP contribution in [-0.2, 0) is 44.8 Å². The Hall–Kier alpha value is -6.57. The van der Waals surface area contributed by atoms with E-state index in [0.29, 0.717) is 29.3 Å². The van der Waals surface area contributed by atoms with Crippen LogP contribution in [0.2, 0.25) is 0 Å². The summed E-state index contributed by atoms with van der Waals surface area (Å²) in [5, 5.41) is 37.8. The molecule has 8 unspecified atom stereocenters. The van der Waals surface area contributed by atoms with Crippen molar-refractivity contribution < 1.29 is 53.0 Å². The minimum Gasteiger partial charge on any atom is -0.508 e. The molecule has 1 aromatic carbocycles. The molecule has 370 valence electrons. The Balaban J connectivity index is 1.47. The van der Waals surface area contributed by atoms with Crippen LogP contribution in [0.15, 0.2) is 41.2 Å². The predicted octanol–water partition coefficient (Wildman–Crippen LogP) is 2.20. The van der Waals surface area contributed by atoms with Crippen LogP contribution in [0, 0.1) is 17.8 Å². The van der Waals surface area contributed by atoms with Gasteiger partial charge in [0.1, 0.15) is 54.0 Å². The molecule has 2 aliphatic heterocycles. The molecule has 0 spiro atoms. The number of ketones is 1. The second-order valence-electron chi connectivity index (χ2n) is 18.7. The second kappa shape index (κ2) is 23.9. The summed E-state index contributed by atoms with van der Waals surface area (Å²) in [4.78, 5) is 119. The average molecular weight is 946 g/mol. The van der Waals surface area contributed by atoms with Crippen molar-refractivity contribution in [2.75, 3.05) is 13.1 Å². The number of nitrogens with zero attached hydrogens (tertiary/aromatic N) is 2. The molecule has 3 aromatic rings. The Kier molecular flexibility index (Phi) is 18.4. The first-order valence-electron chi connectivity index (χ1n) is 23.5. The predicted molar refractivity (Wildman–Crippen MR) is 250 cm³/mol. The lowest BCUT2D eigenvalue weighted by atomic mass is 9.98. The van der Waals surface area contributed by atoms with Gasteiger partial charge in [-0.25, -0.2) is 4.98 Å². The summed E-state index contributed by atoms with van der Waals surface area (Å²) in [6.45, 7) is 12.5. The molecule has 0 aliphatic carbocycles. The zero-order valence-corrected chi connectivity index (χ0v) is 39.8. The molecule has 2 aromatic heterocycles. The van der Waals surface area contributed by atoms with Gasteiger partial charge in [-0.1, -0.05) is 48.0 Å². The number of aromatic hydroxyl groups is 1.